The predicted molar refractivity (Wildman–Crippen MR) is 70.4 cm³/mol. The third kappa shape index (κ3) is 3.24. The van der Waals surface area contributed by atoms with Crippen LogP contribution in [-0.4, -0.2) is 35.2 Å². The van der Waals surface area contributed by atoms with E-state index in [1.54, 1.807) is 0 Å². The smallest absolute Gasteiger partial charge is 0.308 e. The van der Waals surface area contributed by atoms with Gasteiger partial charge in [-0.15, -0.1) is 0 Å². The summed E-state index contributed by atoms with van der Waals surface area (Å²) in [4.78, 5) is 23.8. The van der Waals surface area contributed by atoms with Crippen LogP contribution in [0.4, 0.5) is 5.69 Å². The van der Waals surface area contributed by atoms with Crippen molar-refractivity contribution in [3.63, 3.8) is 0 Å². The minimum atomic E-state index is -1.07. The van der Waals surface area contributed by atoms with Gasteiger partial charge < -0.3 is 15.1 Å². The maximum Gasteiger partial charge on any atom is 0.308 e. The zero-order valence-corrected chi connectivity index (χ0v) is 10.6. The van der Waals surface area contributed by atoms with Gasteiger partial charge in [0.05, 0.1) is 12.3 Å². The molecule has 2 rings (SSSR count). The molecule has 1 aliphatic rings. The Morgan fingerprint density at radius 1 is 1.26 bits per heavy atom. The number of benzene rings is 1. The summed E-state index contributed by atoms with van der Waals surface area (Å²) in [5.74, 6) is -2.99. The summed E-state index contributed by atoms with van der Waals surface area (Å²) in [5.41, 5.74) is 2.23. The van der Waals surface area contributed by atoms with E-state index in [0.29, 0.717) is 0 Å². The Hall–Kier alpha value is -2.04. The van der Waals surface area contributed by atoms with Gasteiger partial charge in [-0.2, -0.15) is 0 Å². The molecule has 1 aromatic carbocycles. The van der Waals surface area contributed by atoms with E-state index < -0.39 is 17.9 Å². The van der Waals surface area contributed by atoms with Gasteiger partial charge in [0.25, 0.3) is 0 Å². The van der Waals surface area contributed by atoms with Gasteiger partial charge in [0.2, 0.25) is 0 Å². The number of aliphatic carboxylic acids is 2. The number of carboxylic acids is 2. The van der Waals surface area contributed by atoms with Crippen LogP contribution in [0, 0.1) is 5.92 Å². The number of carboxylic acid groups (broad SMARTS) is 2. The van der Waals surface area contributed by atoms with Gasteiger partial charge in [-0.1, -0.05) is 18.2 Å². The molecule has 0 aromatic heterocycles. The van der Waals surface area contributed by atoms with Crippen LogP contribution in [-0.2, 0) is 16.0 Å². The highest BCUT2D eigenvalue weighted by atomic mass is 16.4. The molecule has 102 valence electrons. The van der Waals surface area contributed by atoms with Crippen LogP contribution in [0.5, 0.6) is 0 Å². The van der Waals surface area contributed by atoms with Gasteiger partial charge in [-0.3, -0.25) is 9.59 Å². The topological polar surface area (TPSA) is 77.8 Å². The molecular formula is C14H17NO4. The molecule has 0 saturated heterocycles. The van der Waals surface area contributed by atoms with Crippen molar-refractivity contribution in [2.45, 2.75) is 19.3 Å². The lowest BCUT2D eigenvalue weighted by atomic mass is 9.99. The van der Waals surface area contributed by atoms with Crippen molar-refractivity contribution >= 4 is 17.6 Å². The van der Waals surface area contributed by atoms with Crippen LogP contribution in [0.1, 0.15) is 18.4 Å². The first-order valence-electron chi connectivity index (χ1n) is 6.35. The van der Waals surface area contributed by atoms with E-state index in [-0.39, 0.29) is 13.0 Å². The number of fused-ring (bicyclic) bond motifs is 1. The molecule has 0 spiro atoms. The normalized spacial score (nSPS) is 15.7. The molecule has 19 heavy (non-hydrogen) atoms. The van der Waals surface area contributed by atoms with Gasteiger partial charge in [0.15, 0.2) is 0 Å². The summed E-state index contributed by atoms with van der Waals surface area (Å²) < 4.78 is 0. The summed E-state index contributed by atoms with van der Waals surface area (Å²) in [5, 5.41) is 17.9. The molecule has 1 atom stereocenters. The van der Waals surface area contributed by atoms with E-state index in [2.05, 4.69) is 0 Å². The number of hydrogen-bond acceptors (Lipinski definition) is 3. The lowest BCUT2D eigenvalue weighted by Crippen LogP contribution is -2.37. The zero-order valence-electron chi connectivity index (χ0n) is 10.6. The lowest BCUT2D eigenvalue weighted by Gasteiger charge is -2.32. The Labute approximate surface area is 111 Å². The summed E-state index contributed by atoms with van der Waals surface area (Å²) >= 11 is 0. The van der Waals surface area contributed by atoms with Crippen molar-refractivity contribution in [3.8, 4) is 0 Å². The number of para-hydroxylation sites is 1. The standard InChI is InChI=1S/C14H17NO4/c16-13(17)8-11(14(18)19)9-15-7-3-5-10-4-1-2-6-12(10)15/h1-2,4,6,11H,3,5,7-9H2,(H,16,17)(H,18,19). The maximum atomic E-state index is 11.1. The summed E-state index contributed by atoms with van der Waals surface area (Å²) in [6.45, 7) is 1.03. The fraction of sp³-hybridized carbons (Fsp3) is 0.429. The predicted octanol–water partition coefficient (Wildman–Crippen LogP) is 1.61. The molecule has 0 fully saturated rings. The number of carbonyl (C=O) groups is 2. The van der Waals surface area contributed by atoms with Crippen LogP contribution in [0.25, 0.3) is 0 Å². The average molecular weight is 263 g/mol. The number of rotatable bonds is 5. The fourth-order valence-corrected chi connectivity index (χ4v) is 2.51. The van der Waals surface area contributed by atoms with E-state index in [9.17, 15) is 9.59 Å². The third-order valence-corrected chi connectivity index (χ3v) is 3.42. The Bertz CT molecular complexity index is 486. The largest absolute Gasteiger partial charge is 0.481 e. The van der Waals surface area contributed by atoms with E-state index >= 15 is 0 Å². The molecule has 1 aromatic rings. The summed E-state index contributed by atoms with van der Waals surface area (Å²) in [7, 11) is 0. The van der Waals surface area contributed by atoms with Gasteiger partial charge in [0, 0.05) is 18.8 Å². The highest BCUT2D eigenvalue weighted by Gasteiger charge is 2.26. The van der Waals surface area contributed by atoms with Crippen LogP contribution in [0.15, 0.2) is 24.3 Å². The van der Waals surface area contributed by atoms with Crippen molar-refractivity contribution < 1.29 is 19.8 Å². The Morgan fingerprint density at radius 3 is 2.68 bits per heavy atom. The van der Waals surface area contributed by atoms with Gasteiger partial charge in [-0.05, 0) is 24.5 Å². The molecule has 2 N–H and O–H groups in total. The first-order valence-corrected chi connectivity index (χ1v) is 6.35. The average Bonchev–Trinajstić information content (AvgIpc) is 2.37. The lowest BCUT2D eigenvalue weighted by molar-refractivity contribution is -0.147. The number of nitrogens with zero attached hydrogens (tertiary/aromatic N) is 1. The zero-order chi connectivity index (χ0) is 13.8. The van der Waals surface area contributed by atoms with Crippen LogP contribution < -0.4 is 4.90 Å². The minimum absolute atomic E-state index is 0.249. The minimum Gasteiger partial charge on any atom is -0.481 e. The Balaban J connectivity index is 2.14. The first-order chi connectivity index (χ1) is 9.08. The molecule has 0 radical (unpaired) electrons. The van der Waals surface area contributed by atoms with Gasteiger partial charge in [0.1, 0.15) is 0 Å². The van der Waals surface area contributed by atoms with Crippen molar-refractivity contribution in [1.82, 2.24) is 0 Å². The highest BCUT2D eigenvalue weighted by Crippen LogP contribution is 2.27. The van der Waals surface area contributed by atoms with Crippen molar-refractivity contribution in [3.05, 3.63) is 29.8 Å². The Kier molecular flexibility index (Phi) is 4.04. The second-order valence-corrected chi connectivity index (χ2v) is 4.81. The molecule has 5 nitrogen and oxygen atoms in total. The second kappa shape index (κ2) is 5.73. The fourth-order valence-electron chi connectivity index (χ4n) is 2.51. The molecule has 1 aliphatic heterocycles. The van der Waals surface area contributed by atoms with Crippen molar-refractivity contribution in [2.24, 2.45) is 5.92 Å². The van der Waals surface area contributed by atoms with Crippen LogP contribution >= 0.6 is 0 Å². The van der Waals surface area contributed by atoms with E-state index in [1.807, 2.05) is 29.2 Å². The summed E-state index contributed by atoms with van der Waals surface area (Å²) in [6.07, 6.45) is 1.62. The quantitative estimate of drug-likeness (QED) is 0.844. The van der Waals surface area contributed by atoms with E-state index in [1.165, 1.54) is 5.56 Å². The maximum absolute atomic E-state index is 11.1. The molecule has 1 heterocycles. The number of aryl methyl sites for hydroxylation is 1. The molecule has 5 heteroatoms. The molecule has 1 unspecified atom stereocenters. The van der Waals surface area contributed by atoms with Crippen molar-refractivity contribution in [2.75, 3.05) is 18.0 Å². The SMILES string of the molecule is O=C(O)CC(CN1CCCc2ccccc21)C(=O)O. The van der Waals surface area contributed by atoms with Crippen LogP contribution in [0.3, 0.4) is 0 Å². The third-order valence-electron chi connectivity index (χ3n) is 3.42. The molecule has 0 bridgehead atoms. The van der Waals surface area contributed by atoms with Gasteiger partial charge in [-0.25, -0.2) is 0 Å². The number of anilines is 1. The summed E-state index contributed by atoms with van der Waals surface area (Å²) in [6, 6.07) is 7.89. The van der Waals surface area contributed by atoms with Crippen LogP contribution in [0.2, 0.25) is 0 Å². The Morgan fingerprint density at radius 2 is 2.00 bits per heavy atom. The highest BCUT2D eigenvalue weighted by molar-refractivity contribution is 5.78. The monoisotopic (exact) mass is 263 g/mol. The number of hydrogen-bond donors (Lipinski definition) is 2. The molecule has 0 amide bonds. The van der Waals surface area contributed by atoms with E-state index in [4.69, 9.17) is 10.2 Å². The first kappa shape index (κ1) is 13.4. The van der Waals surface area contributed by atoms with Gasteiger partial charge >= 0.3 is 11.9 Å². The van der Waals surface area contributed by atoms with E-state index in [0.717, 1.165) is 25.1 Å². The molecule has 0 aliphatic carbocycles. The second-order valence-electron chi connectivity index (χ2n) is 4.81. The van der Waals surface area contributed by atoms with Crippen molar-refractivity contribution in [1.29, 1.82) is 0 Å². The molecule has 0 saturated carbocycles. The molecular weight excluding hydrogens is 246 g/mol.